The van der Waals surface area contributed by atoms with Gasteiger partial charge in [-0.05, 0) is 45.1 Å². The van der Waals surface area contributed by atoms with Gasteiger partial charge in [0.05, 0.1) is 11.5 Å². The number of thiocarbonyl (C=S) groups is 1. The van der Waals surface area contributed by atoms with Crippen LogP contribution < -0.4 is 20.9 Å². The lowest BCUT2D eigenvalue weighted by Crippen LogP contribution is -2.48. The molecule has 1 rings (SSSR count). The summed E-state index contributed by atoms with van der Waals surface area (Å²) in [6.07, 6.45) is 0. The van der Waals surface area contributed by atoms with Gasteiger partial charge in [0.15, 0.2) is 10.9 Å². The van der Waals surface area contributed by atoms with E-state index < -0.39 is 10.8 Å². The number of amides is 1. The summed E-state index contributed by atoms with van der Waals surface area (Å²) in [5.74, 6) is -0.423. The van der Waals surface area contributed by atoms with Gasteiger partial charge in [-0.3, -0.25) is 25.8 Å². The van der Waals surface area contributed by atoms with Crippen molar-refractivity contribution in [1.82, 2.24) is 16.2 Å². The Morgan fingerprint density at radius 3 is 2.64 bits per heavy atom. The number of carbonyl (C=O) groups is 1. The Kier molecular flexibility index (Phi) is 6.51. The van der Waals surface area contributed by atoms with E-state index in [0.29, 0.717) is 6.61 Å². The number of nitro benzene ring substituents is 1. The van der Waals surface area contributed by atoms with E-state index in [2.05, 4.69) is 16.2 Å². The first kappa shape index (κ1) is 17.6. The van der Waals surface area contributed by atoms with E-state index >= 15 is 0 Å². The maximum Gasteiger partial charge on any atom is 0.311 e. The summed E-state index contributed by atoms with van der Waals surface area (Å²) in [5, 5.41) is 14.1. The van der Waals surface area contributed by atoms with Crippen molar-refractivity contribution >= 4 is 28.9 Å². The number of hydrogen-bond acceptors (Lipinski definition) is 5. The number of nitro groups is 1. The first-order valence-corrected chi connectivity index (χ1v) is 7.04. The Morgan fingerprint density at radius 2 is 2.09 bits per heavy atom. The quantitative estimate of drug-likeness (QED) is 0.428. The molecule has 22 heavy (non-hydrogen) atoms. The molecule has 3 N–H and O–H groups in total. The highest BCUT2D eigenvalue weighted by Gasteiger charge is 2.18. The normalized spacial score (nSPS) is 10.0. The molecular weight excluding hydrogens is 308 g/mol. The topological polar surface area (TPSA) is 106 Å². The van der Waals surface area contributed by atoms with E-state index in [1.54, 1.807) is 6.92 Å². The van der Waals surface area contributed by atoms with E-state index in [-0.39, 0.29) is 28.2 Å². The molecule has 8 nitrogen and oxygen atoms in total. The SMILES string of the molecule is CCOc1ccc(C(=O)NNC(=S)NC(C)C)cc1[N+](=O)[O-]. The molecule has 1 aromatic carbocycles. The molecular formula is C13H18N4O4S. The van der Waals surface area contributed by atoms with Crippen LogP contribution in [0.2, 0.25) is 0 Å². The van der Waals surface area contributed by atoms with E-state index in [0.717, 1.165) is 6.07 Å². The number of nitrogens with zero attached hydrogens (tertiary/aromatic N) is 1. The van der Waals surface area contributed by atoms with Gasteiger partial charge in [-0.25, -0.2) is 0 Å². The highest BCUT2D eigenvalue weighted by Crippen LogP contribution is 2.27. The minimum absolute atomic E-state index is 0.114. The maximum absolute atomic E-state index is 12.0. The summed E-state index contributed by atoms with van der Waals surface area (Å²) in [6, 6.07) is 4.10. The number of hydrazine groups is 1. The number of carbonyl (C=O) groups excluding carboxylic acids is 1. The third-order valence-corrected chi connectivity index (χ3v) is 2.65. The van der Waals surface area contributed by atoms with E-state index in [9.17, 15) is 14.9 Å². The molecule has 0 aliphatic carbocycles. The summed E-state index contributed by atoms with van der Waals surface area (Å²) in [4.78, 5) is 22.4. The maximum atomic E-state index is 12.0. The van der Waals surface area contributed by atoms with Gasteiger partial charge in [0, 0.05) is 17.7 Å². The highest BCUT2D eigenvalue weighted by atomic mass is 32.1. The van der Waals surface area contributed by atoms with Crippen LogP contribution in [0.25, 0.3) is 0 Å². The van der Waals surface area contributed by atoms with Gasteiger partial charge in [0.2, 0.25) is 0 Å². The second-order valence-corrected chi connectivity index (χ2v) is 4.99. The predicted molar refractivity (Wildman–Crippen MR) is 85.7 cm³/mol. The van der Waals surface area contributed by atoms with Crippen molar-refractivity contribution in [2.45, 2.75) is 26.8 Å². The van der Waals surface area contributed by atoms with Gasteiger partial charge in [-0.15, -0.1) is 0 Å². The van der Waals surface area contributed by atoms with Gasteiger partial charge in [0.25, 0.3) is 5.91 Å². The smallest absolute Gasteiger partial charge is 0.311 e. The zero-order chi connectivity index (χ0) is 16.7. The third-order valence-electron chi connectivity index (χ3n) is 2.43. The molecule has 0 atom stereocenters. The fourth-order valence-corrected chi connectivity index (χ4v) is 1.85. The Bertz CT molecular complexity index is 577. The summed E-state index contributed by atoms with van der Waals surface area (Å²) in [7, 11) is 0. The zero-order valence-corrected chi connectivity index (χ0v) is 13.3. The Morgan fingerprint density at radius 1 is 1.41 bits per heavy atom. The Labute approximate surface area is 133 Å². The summed E-state index contributed by atoms with van der Waals surface area (Å²) in [5.41, 5.74) is 4.74. The third kappa shape index (κ3) is 5.17. The lowest BCUT2D eigenvalue weighted by atomic mass is 10.2. The molecule has 0 saturated heterocycles. The van der Waals surface area contributed by atoms with Crippen molar-refractivity contribution in [1.29, 1.82) is 0 Å². The van der Waals surface area contributed by atoms with Crippen LogP contribution in [0.3, 0.4) is 0 Å². The minimum Gasteiger partial charge on any atom is -0.487 e. The lowest BCUT2D eigenvalue weighted by Gasteiger charge is -2.14. The molecule has 1 amide bonds. The molecule has 1 aromatic rings. The fourth-order valence-electron chi connectivity index (χ4n) is 1.56. The molecule has 0 heterocycles. The molecule has 0 saturated carbocycles. The lowest BCUT2D eigenvalue weighted by molar-refractivity contribution is -0.385. The van der Waals surface area contributed by atoms with Crippen LogP contribution in [0.15, 0.2) is 18.2 Å². The predicted octanol–water partition coefficient (Wildman–Crippen LogP) is 1.51. The molecule has 0 radical (unpaired) electrons. The zero-order valence-electron chi connectivity index (χ0n) is 12.5. The molecule has 0 spiro atoms. The number of ether oxygens (including phenoxy) is 1. The Balaban J connectivity index is 2.79. The first-order chi connectivity index (χ1) is 10.3. The molecule has 120 valence electrons. The first-order valence-electron chi connectivity index (χ1n) is 6.63. The van der Waals surface area contributed by atoms with Crippen LogP contribution in [0.5, 0.6) is 5.75 Å². The van der Waals surface area contributed by atoms with Crippen molar-refractivity contribution < 1.29 is 14.5 Å². The average Bonchev–Trinajstić information content (AvgIpc) is 2.44. The largest absolute Gasteiger partial charge is 0.487 e. The summed E-state index contributed by atoms with van der Waals surface area (Å²) in [6.45, 7) is 5.80. The summed E-state index contributed by atoms with van der Waals surface area (Å²) >= 11 is 4.96. The molecule has 0 unspecified atom stereocenters. The number of hydrogen-bond donors (Lipinski definition) is 3. The van der Waals surface area contributed by atoms with Crippen LogP contribution in [0, 0.1) is 10.1 Å². The van der Waals surface area contributed by atoms with Crippen molar-refractivity contribution in [3.05, 3.63) is 33.9 Å². The monoisotopic (exact) mass is 326 g/mol. The van der Waals surface area contributed by atoms with Crippen LogP contribution in [0.1, 0.15) is 31.1 Å². The van der Waals surface area contributed by atoms with Gasteiger partial charge >= 0.3 is 5.69 Å². The van der Waals surface area contributed by atoms with Gasteiger partial charge in [0.1, 0.15) is 0 Å². The second-order valence-electron chi connectivity index (χ2n) is 4.58. The molecule has 0 bridgehead atoms. The number of benzene rings is 1. The van der Waals surface area contributed by atoms with Crippen molar-refractivity contribution in [2.24, 2.45) is 0 Å². The van der Waals surface area contributed by atoms with E-state index in [1.165, 1.54) is 12.1 Å². The Hall–Kier alpha value is -2.42. The van der Waals surface area contributed by atoms with Gasteiger partial charge < -0.3 is 10.1 Å². The number of nitrogens with one attached hydrogen (secondary N) is 3. The standard InChI is InChI=1S/C13H18N4O4S/c1-4-21-11-6-5-9(7-10(11)17(19)20)12(18)15-16-13(22)14-8(2)3/h5-8H,4H2,1-3H3,(H,15,18)(H2,14,16,22). The van der Waals surface area contributed by atoms with Crippen molar-refractivity contribution in [3.8, 4) is 5.75 Å². The molecule has 0 aliphatic heterocycles. The van der Waals surface area contributed by atoms with E-state index in [1.807, 2.05) is 13.8 Å². The molecule has 0 fully saturated rings. The second kappa shape index (κ2) is 8.13. The average molecular weight is 326 g/mol. The van der Waals surface area contributed by atoms with Crippen LogP contribution in [-0.4, -0.2) is 28.6 Å². The van der Waals surface area contributed by atoms with E-state index in [4.69, 9.17) is 17.0 Å². The van der Waals surface area contributed by atoms with Crippen LogP contribution >= 0.6 is 12.2 Å². The van der Waals surface area contributed by atoms with Crippen LogP contribution in [-0.2, 0) is 0 Å². The molecule has 0 aromatic heterocycles. The van der Waals surface area contributed by atoms with Gasteiger partial charge in [-0.2, -0.15) is 0 Å². The number of rotatable bonds is 5. The van der Waals surface area contributed by atoms with Crippen molar-refractivity contribution in [2.75, 3.05) is 6.61 Å². The van der Waals surface area contributed by atoms with Crippen LogP contribution in [0.4, 0.5) is 5.69 Å². The molecule has 0 aliphatic rings. The summed E-state index contributed by atoms with van der Waals surface area (Å²) < 4.78 is 5.16. The van der Waals surface area contributed by atoms with Crippen molar-refractivity contribution in [3.63, 3.8) is 0 Å². The fraction of sp³-hybridized carbons (Fsp3) is 0.385. The minimum atomic E-state index is -0.597. The van der Waals surface area contributed by atoms with Gasteiger partial charge in [-0.1, -0.05) is 0 Å². The highest BCUT2D eigenvalue weighted by molar-refractivity contribution is 7.80. The molecule has 9 heteroatoms.